The minimum Gasteiger partial charge on any atom is -0.481 e. The van der Waals surface area contributed by atoms with Crippen molar-refractivity contribution in [2.75, 3.05) is 20.1 Å². The lowest BCUT2D eigenvalue weighted by Gasteiger charge is -2.41. The van der Waals surface area contributed by atoms with E-state index in [1.807, 2.05) is 80.6 Å². The van der Waals surface area contributed by atoms with Crippen LogP contribution in [0.4, 0.5) is 0 Å². The van der Waals surface area contributed by atoms with Crippen molar-refractivity contribution >= 4 is 28.6 Å². The number of likely N-dealkylation sites (tertiary alicyclic amines) is 1. The maximum absolute atomic E-state index is 14.0. The van der Waals surface area contributed by atoms with Crippen molar-refractivity contribution < 1.29 is 19.5 Å². The topological polar surface area (TPSA) is 104 Å². The van der Waals surface area contributed by atoms with E-state index >= 15 is 0 Å². The van der Waals surface area contributed by atoms with E-state index in [0.29, 0.717) is 45.2 Å². The molecule has 216 valence electrons. The minimum atomic E-state index is -0.925. The molecule has 0 radical (unpaired) electrons. The number of aliphatic carboxylic acids is 1. The van der Waals surface area contributed by atoms with Gasteiger partial charge in [0.15, 0.2) is 0 Å². The third-order valence-electron chi connectivity index (χ3n) is 8.12. The number of benzene rings is 3. The van der Waals surface area contributed by atoms with Gasteiger partial charge in [-0.3, -0.25) is 14.4 Å². The van der Waals surface area contributed by atoms with Gasteiger partial charge in [-0.15, -0.1) is 0 Å². The van der Waals surface area contributed by atoms with Crippen LogP contribution in [-0.4, -0.2) is 64.4 Å². The molecule has 1 aliphatic rings. The zero-order chi connectivity index (χ0) is 29.6. The lowest BCUT2D eigenvalue weighted by Crippen LogP contribution is -2.54. The Labute approximate surface area is 242 Å². The largest absolute Gasteiger partial charge is 0.481 e. The molecule has 3 aromatic carbocycles. The van der Waals surface area contributed by atoms with Crippen LogP contribution in [0.2, 0.25) is 0 Å². The first-order valence-electron chi connectivity index (χ1n) is 14.2. The fourth-order valence-electron chi connectivity index (χ4n) is 5.53. The van der Waals surface area contributed by atoms with Crippen LogP contribution >= 0.6 is 0 Å². The summed E-state index contributed by atoms with van der Waals surface area (Å²) in [6.45, 7) is 4.43. The summed E-state index contributed by atoms with van der Waals surface area (Å²) < 4.78 is 0. The highest BCUT2D eigenvalue weighted by atomic mass is 16.4. The van der Waals surface area contributed by atoms with E-state index in [2.05, 4.69) is 6.07 Å². The Morgan fingerprint density at radius 1 is 0.976 bits per heavy atom. The summed E-state index contributed by atoms with van der Waals surface area (Å²) in [7, 11) is 1.66. The summed E-state index contributed by atoms with van der Waals surface area (Å²) >= 11 is 0. The van der Waals surface area contributed by atoms with E-state index in [4.69, 9.17) is 5.73 Å². The van der Waals surface area contributed by atoms with E-state index in [1.54, 1.807) is 18.0 Å². The van der Waals surface area contributed by atoms with E-state index in [9.17, 15) is 19.5 Å². The molecule has 1 fully saturated rings. The number of carbonyl (C=O) groups is 3. The van der Waals surface area contributed by atoms with E-state index in [1.165, 1.54) is 11.0 Å². The fraction of sp³-hybridized carbons (Fsp3) is 0.382. The van der Waals surface area contributed by atoms with Crippen LogP contribution in [0.3, 0.4) is 0 Å². The molecule has 0 saturated carbocycles. The second kappa shape index (κ2) is 12.7. The summed E-state index contributed by atoms with van der Waals surface area (Å²) in [6.07, 6.45) is 5.26. The number of rotatable bonds is 10. The molecule has 7 nitrogen and oxygen atoms in total. The van der Waals surface area contributed by atoms with Gasteiger partial charge in [-0.25, -0.2) is 0 Å². The zero-order valence-corrected chi connectivity index (χ0v) is 24.3. The molecule has 0 unspecified atom stereocenters. The third-order valence-corrected chi connectivity index (χ3v) is 8.12. The van der Waals surface area contributed by atoms with Crippen molar-refractivity contribution in [3.05, 3.63) is 96.1 Å². The quantitative estimate of drug-likeness (QED) is 0.349. The highest BCUT2D eigenvalue weighted by molar-refractivity contribution is 5.93. The van der Waals surface area contributed by atoms with Gasteiger partial charge in [-0.2, -0.15) is 0 Å². The molecular formula is C34H41N3O4. The molecule has 1 saturated heterocycles. The number of hydrogen-bond acceptors (Lipinski definition) is 4. The molecule has 0 spiro atoms. The number of hydrogen-bond donors (Lipinski definition) is 2. The molecule has 3 aromatic rings. The van der Waals surface area contributed by atoms with Crippen molar-refractivity contribution in [2.24, 2.45) is 11.1 Å². The number of piperidine rings is 1. The number of nitrogens with zero attached hydrogens (tertiary/aromatic N) is 2. The normalized spacial score (nSPS) is 16.0. The lowest BCUT2D eigenvalue weighted by molar-refractivity contribution is -0.155. The first-order chi connectivity index (χ1) is 19.5. The number of likely N-dealkylation sites (N-methyl/N-ethyl adjacent to an activating group) is 1. The molecule has 2 amide bonds. The Morgan fingerprint density at radius 2 is 1.61 bits per heavy atom. The Balaban J connectivity index is 1.55. The smallest absolute Gasteiger partial charge is 0.310 e. The van der Waals surface area contributed by atoms with Crippen LogP contribution in [0.5, 0.6) is 0 Å². The molecule has 3 N–H and O–H groups in total. The third kappa shape index (κ3) is 7.61. The van der Waals surface area contributed by atoms with Crippen molar-refractivity contribution in [2.45, 2.75) is 57.5 Å². The first kappa shape index (κ1) is 30.0. The zero-order valence-electron chi connectivity index (χ0n) is 24.3. The monoisotopic (exact) mass is 555 g/mol. The molecule has 41 heavy (non-hydrogen) atoms. The van der Waals surface area contributed by atoms with Gasteiger partial charge in [-0.1, -0.05) is 78.9 Å². The summed E-state index contributed by atoms with van der Waals surface area (Å²) in [5.41, 5.74) is 6.62. The van der Waals surface area contributed by atoms with Crippen LogP contribution in [0.15, 0.2) is 84.9 Å². The summed E-state index contributed by atoms with van der Waals surface area (Å²) in [4.78, 5) is 42.9. The standard InChI is InChI=1S/C34H41N3O4/c1-33(2,35)17-9-14-30(38)36(3)29(23-26-15-16-27-12-7-8-13-28(27)22-26)31(39)37-20-18-34(19-21-37,32(40)41)24-25-10-5-4-6-11-25/h4-16,22,29H,17-21,23-24,35H2,1-3H3,(H,40,41)/b14-9+/t29-/m1/s1. The van der Waals surface area contributed by atoms with E-state index in [0.717, 1.165) is 21.9 Å². The SMILES string of the molecule is CN(C(=O)/C=C/CC(C)(C)N)[C@H](Cc1ccc2ccccc2c1)C(=O)N1CCC(Cc2ccccc2)(C(=O)O)CC1. The minimum absolute atomic E-state index is 0.166. The Hall–Kier alpha value is -3.97. The van der Waals surface area contributed by atoms with Crippen molar-refractivity contribution in [1.29, 1.82) is 0 Å². The summed E-state index contributed by atoms with van der Waals surface area (Å²) in [5, 5.41) is 12.4. The molecule has 1 atom stereocenters. The number of carboxylic acid groups (broad SMARTS) is 1. The first-order valence-corrected chi connectivity index (χ1v) is 14.2. The number of carboxylic acids is 1. The van der Waals surface area contributed by atoms with Gasteiger partial charge in [0.05, 0.1) is 5.41 Å². The van der Waals surface area contributed by atoms with Crippen LogP contribution in [0, 0.1) is 5.41 Å². The Morgan fingerprint density at radius 3 is 2.24 bits per heavy atom. The fourth-order valence-corrected chi connectivity index (χ4v) is 5.53. The number of nitrogens with two attached hydrogens (primary N) is 1. The number of amides is 2. The average Bonchev–Trinajstić information content (AvgIpc) is 2.95. The highest BCUT2D eigenvalue weighted by Gasteiger charge is 2.43. The Bertz CT molecular complexity index is 1400. The molecule has 0 aromatic heterocycles. The van der Waals surface area contributed by atoms with Gasteiger partial charge in [0.1, 0.15) is 6.04 Å². The second-order valence-electron chi connectivity index (χ2n) is 12.0. The van der Waals surface area contributed by atoms with Gasteiger partial charge in [-0.05, 0) is 67.5 Å². The van der Waals surface area contributed by atoms with Crippen LogP contribution < -0.4 is 5.73 Å². The molecular weight excluding hydrogens is 514 g/mol. The average molecular weight is 556 g/mol. The van der Waals surface area contributed by atoms with Gasteiger partial charge >= 0.3 is 5.97 Å². The van der Waals surface area contributed by atoms with Crippen molar-refractivity contribution in [3.8, 4) is 0 Å². The van der Waals surface area contributed by atoms with Gasteiger partial charge in [0, 0.05) is 32.1 Å². The van der Waals surface area contributed by atoms with Crippen LogP contribution in [0.25, 0.3) is 10.8 Å². The molecule has 4 rings (SSSR count). The lowest BCUT2D eigenvalue weighted by atomic mass is 9.73. The van der Waals surface area contributed by atoms with Gasteiger partial charge in [0.25, 0.3) is 0 Å². The maximum atomic E-state index is 14.0. The predicted octanol–water partition coefficient (Wildman–Crippen LogP) is 4.83. The van der Waals surface area contributed by atoms with Crippen LogP contribution in [-0.2, 0) is 27.2 Å². The predicted molar refractivity (Wildman–Crippen MR) is 162 cm³/mol. The number of fused-ring (bicyclic) bond motifs is 1. The van der Waals surface area contributed by atoms with Gasteiger partial charge in [0.2, 0.25) is 11.8 Å². The molecule has 0 bridgehead atoms. The maximum Gasteiger partial charge on any atom is 0.310 e. The molecule has 0 aliphatic carbocycles. The van der Waals surface area contributed by atoms with Crippen molar-refractivity contribution in [1.82, 2.24) is 9.80 Å². The van der Waals surface area contributed by atoms with Gasteiger partial charge < -0.3 is 20.6 Å². The van der Waals surface area contributed by atoms with E-state index < -0.39 is 23.0 Å². The molecule has 1 heterocycles. The second-order valence-corrected chi connectivity index (χ2v) is 12.0. The summed E-state index contributed by atoms with van der Waals surface area (Å²) in [6, 6.07) is 23.0. The highest BCUT2D eigenvalue weighted by Crippen LogP contribution is 2.36. The van der Waals surface area contributed by atoms with Crippen molar-refractivity contribution in [3.63, 3.8) is 0 Å². The van der Waals surface area contributed by atoms with Crippen LogP contribution in [0.1, 0.15) is 44.2 Å². The summed E-state index contributed by atoms with van der Waals surface area (Å²) in [5.74, 6) is -1.27. The molecule has 7 heteroatoms. The van der Waals surface area contributed by atoms with E-state index in [-0.39, 0.29) is 11.8 Å². The molecule has 1 aliphatic heterocycles. The Kier molecular flexibility index (Phi) is 9.28. The number of carbonyl (C=O) groups excluding carboxylic acids is 2.